The Labute approximate surface area is 101 Å². The first-order chi connectivity index (χ1) is 8.33. The summed E-state index contributed by atoms with van der Waals surface area (Å²) < 4.78 is 1.86. The maximum atomic E-state index is 4.45. The summed E-state index contributed by atoms with van der Waals surface area (Å²) in [5.74, 6) is 0. The van der Waals surface area contributed by atoms with Gasteiger partial charge < -0.3 is 5.32 Å². The van der Waals surface area contributed by atoms with Gasteiger partial charge in [0.2, 0.25) is 0 Å². The van der Waals surface area contributed by atoms with Gasteiger partial charge in [-0.3, -0.25) is 4.68 Å². The van der Waals surface area contributed by atoms with E-state index in [0.29, 0.717) is 0 Å². The molecule has 88 valence electrons. The molecule has 1 aromatic heterocycles. The summed E-state index contributed by atoms with van der Waals surface area (Å²) in [6.07, 6.45) is 4.08. The first kappa shape index (κ1) is 10.5. The molecule has 1 aliphatic rings. The van der Waals surface area contributed by atoms with Crippen molar-refractivity contribution in [2.75, 3.05) is 6.54 Å². The van der Waals surface area contributed by atoms with Crippen LogP contribution in [0.15, 0.2) is 30.5 Å². The van der Waals surface area contributed by atoms with Crippen LogP contribution in [0.4, 0.5) is 0 Å². The number of nitrogens with one attached hydrogen (secondary N) is 1. The number of benzene rings is 1. The van der Waals surface area contributed by atoms with Gasteiger partial charge >= 0.3 is 0 Å². The number of hydrogen-bond acceptors (Lipinski definition) is 2. The molecule has 17 heavy (non-hydrogen) atoms. The molecule has 2 heterocycles. The number of hydrogen-bond donors (Lipinski definition) is 1. The maximum absolute atomic E-state index is 4.45. The van der Waals surface area contributed by atoms with Crippen molar-refractivity contribution in [3.8, 4) is 0 Å². The highest BCUT2D eigenvalue weighted by Crippen LogP contribution is 2.20. The Balaban J connectivity index is 1.92. The van der Waals surface area contributed by atoms with Gasteiger partial charge in [0.05, 0.1) is 5.69 Å². The molecular weight excluding hydrogens is 210 g/mol. The van der Waals surface area contributed by atoms with E-state index in [4.69, 9.17) is 0 Å². The van der Waals surface area contributed by atoms with Gasteiger partial charge in [-0.05, 0) is 35.7 Å². The summed E-state index contributed by atoms with van der Waals surface area (Å²) in [4.78, 5) is 0. The van der Waals surface area contributed by atoms with E-state index in [1.807, 2.05) is 17.9 Å². The lowest BCUT2D eigenvalue weighted by atomic mass is 9.94. The molecule has 0 aliphatic carbocycles. The third-order valence-corrected chi connectivity index (χ3v) is 3.38. The summed E-state index contributed by atoms with van der Waals surface area (Å²) in [7, 11) is 1.96. The molecule has 0 saturated carbocycles. The molecule has 0 saturated heterocycles. The minimum Gasteiger partial charge on any atom is -0.312 e. The van der Waals surface area contributed by atoms with E-state index in [2.05, 4.69) is 34.7 Å². The third-order valence-electron chi connectivity index (χ3n) is 3.38. The fourth-order valence-corrected chi connectivity index (χ4v) is 2.50. The Kier molecular flexibility index (Phi) is 2.69. The summed E-state index contributed by atoms with van der Waals surface area (Å²) >= 11 is 0. The van der Waals surface area contributed by atoms with Gasteiger partial charge in [-0.25, -0.2) is 0 Å². The average molecular weight is 227 g/mol. The second-order valence-corrected chi connectivity index (χ2v) is 4.64. The lowest BCUT2D eigenvalue weighted by Crippen LogP contribution is -2.24. The van der Waals surface area contributed by atoms with Crippen LogP contribution in [0.2, 0.25) is 0 Å². The molecule has 1 aliphatic heterocycles. The van der Waals surface area contributed by atoms with E-state index in [-0.39, 0.29) is 0 Å². The third kappa shape index (κ3) is 2.11. The van der Waals surface area contributed by atoms with Crippen LogP contribution in [-0.2, 0) is 26.4 Å². The van der Waals surface area contributed by atoms with Crippen molar-refractivity contribution in [1.29, 1.82) is 0 Å². The van der Waals surface area contributed by atoms with Gasteiger partial charge in [-0.1, -0.05) is 18.2 Å². The number of rotatable bonds is 2. The summed E-state index contributed by atoms with van der Waals surface area (Å²) in [5.41, 5.74) is 5.53. The van der Waals surface area contributed by atoms with Crippen molar-refractivity contribution in [3.63, 3.8) is 0 Å². The smallest absolute Gasteiger partial charge is 0.0668 e. The number of aromatic nitrogens is 2. The minimum atomic E-state index is 0.936. The van der Waals surface area contributed by atoms with E-state index in [1.165, 1.54) is 16.7 Å². The van der Waals surface area contributed by atoms with E-state index in [9.17, 15) is 0 Å². The molecule has 0 fully saturated rings. The first-order valence-electron chi connectivity index (χ1n) is 6.12. The van der Waals surface area contributed by atoms with E-state index >= 15 is 0 Å². The molecule has 3 heteroatoms. The van der Waals surface area contributed by atoms with Gasteiger partial charge in [-0.15, -0.1) is 0 Å². The van der Waals surface area contributed by atoms with Gasteiger partial charge in [-0.2, -0.15) is 5.10 Å². The largest absolute Gasteiger partial charge is 0.312 e. The molecule has 0 atom stereocenters. The fraction of sp³-hybridized carbons (Fsp3) is 0.357. The highest BCUT2D eigenvalue weighted by atomic mass is 15.2. The van der Waals surface area contributed by atoms with Crippen LogP contribution in [0.3, 0.4) is 0 Å². The molecular formula is C14H17N3. The molecule has 1 aromatic carbocycles. The van der Waals surface area contributed by atoms with Crippen LogP contribution in [-0.4, -0.2) is 16.3 Å². The number of nitrogens with zero attached hydrogens (tertiary/aromatic N) is 2. The minimum absolute atomic E-state index is 0.936. The number of fused-ring (bicyclic) bond motifs is 1. The van der Waals surface area contributed by atoms with Crippen molar-refractivity contribution < 1.29 is 0 Å². The van der Waals surface area contributed by atoms with Gasteiger partial charge in [0, 0.05) is 26.2 Å². The van der Waals surface area contributed by atoms with Crippen LogP contribution >= 0.6 is 0 Å². The Morgan fingerprint density at radius 1 is 1.35 bits per heavy atom. The lowest BCUT2D eigenvalue weighted by Gasteiger charge is -2.20. The predicted octanol–water partition coefficient (Wildman–Crippen LogP) is 1.66. The first-order valence-corrected chi connectivity index (χ1v) is 6.12. The summed E-state index contributed by atoms with van der Waals surface area (Å²) in [6, 6.07) is 8.73. The maximum Gasteiger partial charge on any atom is 0.0668 e. The molecule has 0 amide bonds. The fourth-order valence-electron chi connectivity index (χ4n) is 2.50. The summed E-state index contributed by atoms with van der Waals surface area (Å²) in [6.45, 7) is 2.10. The highest BCUT2D eigenvalue weighted by Gasteiger charge is 2.12. The van der Waals surface area contributed by atoms with E-state index in [1.54, 1.807) is 0 Å². The highest BCUT2D eigenvalue weighted by molar-refractivity contribution is 5.38. The monoisotopic (exact) mass is 227 g/mol. The molecule has 1 N–H and O–H groups in total. The zero-order valence-corrected chi connectivity index (χ0v) is 10.1. The van der Waals surface area contributed by atoms with Crippen LogP contribution in [0.1, 0.15) is 22.4 Å². The molecule has 0 radical (unpaired) electrons. The van der Waals surface area contributed by atoms with Crippen molar-refractivity contribution >= 4 is 0 Å². The van der Waals surface area contributed by atoms with Crippen molar-refractivity contribution in [3.05, 3.63) is 52.8 Å². The Morgan fingerprint density at radius 3 is 3.12 bits per heavy atom. The second kappa shape index (κ2) is 4.34. The molecule has 2 aromatic rings. The second-order valence-electron chi connectivity index (χ2n) is 4.64. The standard InChI is InChI=1S/C14H17N3/c1-17-8-6-13(16-17)9-12-4-2-3-11-5-7-15-10-14(11)12/h2-4,6,8,15H,5,7,9-10H2,1H3. The van der Waals surface area contributed by atoms with Crippen LogP contribution in [0, 0.1) is 0 Å². The molecule has 3 nitrogen and oxygen atoms in total. The van der Waals surface area contributed by atoms with Crippen LogP contribution < -0.4 is 5.32 Å². The summed E-state index contributed by atoms with van der Waals surface area (Å²) in [5, 5.41) is 7.90. The zero-order chi connectivity index (χ0) is 11.7. The predicted molar refractivity (Wildman–Crippen MR) is 67.9 cm³/mol. The van der Waals surface area contributed by atoms with E-state index in [0.717, 1.165) is 31.6 Å². The zero-order valence-electron chi connectivity index (χ0n) is 10.1. The molecule has 0 spiro atoms. The van der Waals surface area contributed by atoms with Crippen molar-refractivity contribution in [1.82, 2.24) is 15.1 Å². The number of aryl methyl sites for hydroxylation is 1. The van der Waals surface area contributed by atoms with Gasteiger partial charge in [0.15, 0.2) is 0 Å². The van der Waals surface area contributed by atoms with Gasteiger partial charge in [0.1, 0.15) is 0 Å². The quantitative estimate of drug-likeness (QED) is 0.845. The Bertz CT molecular complexity index is 528. The van der Waals surface area contributed by atoms with E-state index < -0.39 is 0 Å². The van der Waals surface area contributed by atoms with Crippen molar-refractivity contribution in [2.24, 2.45) is 7.05 Å². The molecule has 0 bridgehead atoms. The Hall–Kier alpha value is -1.61. The lowest BCUT2D eigenvalue weighted by molar-refractivity contribution is 0.638. The van der Waals surface area contributed by atoms with Gasteiger partial charge in [0.25, 0.3) is 0 Å². The topological polar surface area (TPSA) is 29.9 Å². The molecule has 0 unspecified atom stereocenters. The molecule has 3 rings (SSSR count). The van der Waals surface area contributed by atoms with Crippen LogP contribution in [0.25, 0.3) is 0 Å². The van der Waals surface area contributed by atoms with Crippen LogP contribution in [0.5, 0.6) is 0 Å². The average Bonchev–Trinajstić information content (AvgIpc) is 2.75. The van der Waals surface area contributed by atoms with Crippen molar-refractivity contribution in [2.45, 2.75) is 19.4 Å². The SMILES string of the molecule is Cn1ccc(Cc2cccc3c2CNCC3)n1. The Morgan fingerprint density at radius 2 is 2.29 bits per heavy atom. The normalized spacial score (nSPS) is 14.6.